The van der Waals surface area contributed by atoms with Gasteiger partial charge < -0.3 is 16.0 Å². The molecule has 0 amide bonds. The molecule has 1 heterocycles. The number of nitrogens with zero attached hydrogens (tertiary/aromatic N) is 3. The molecule has 0 saturated heterocycles. The zero-order chi connectivity index (χ0) is 15.5. The summed E-state index contributed by atoms with van der Waals surface area (Å²) >= 11 is 0. The number of hydrogen-bond donors (Lipinski definition) is 2. The summed E-state index contributed by atoms with van der Waals surface area (Å²) in [6.07, 6.45) is 2.26. The van der Waals surface area contributed by atoms with Gasteiger partial charge >= 0.3 is 0 Å². The Morgan fingerprint density at radius 3 is 2.64 bits per heavy atom. The summed E-state index contributed by atoms with van der Waals surface area (Å²) in [4.78, 5) is 11.2. The number of aryl methyl sites for hydroxylation is 1. The average molecular weight is 297 g/mol. The fraction of sp³-hybridized carbons (Fsp3) is 0.412. The van der Waals surface area contributed by atoms with Gasteiger partial charge in [-0.05, 0) is 44.4 Å². The second-order valence-electron chi connectivity index (χ2n) is 6.00. The summed E-state index contributed by atoms with van der Waals surface area (Å²) in [6.45, 7) is 2.78. The largest absolute Gasteiger partial charge is 0.367 e. The minimum atomic E-state index is 0.484. The van der Waals surface area contributed by atoms with Crippen LogP contribution >= 0.6 is 0 Å². The van der Waals surface area contributed by atoms with Crippen molar-refractivity contribution in [2.75, 3.05) is 23.8 Å². The van der Waals surface area contributed by atoms with Crippen LogP contribution in [0.2, 0.25) is 0 Å². The number of nitrogens with two attached hydrogens (primary N) is 1. The lowest BCUT2D eigenvalue weighted by Gasteiger charge is -2.35. The Labute approximate surface area is 131 Å². The van der Waals surface area contributed by atoms with E-state index in [2.05, 4.69) is 27.4 Å². The number of aromatic nitrogens is 2. The smallest absolute Gasteiger partial charge is 0.231 e. The fourth-order valence-electron chi connectivity index (χ4n) is 2.80. The highest BCUT2D eigenvalue weighted by atomic mass is 15.3. The van der Waals surface area contributed by atoms with E-state index < -0.39 is 0 Å². The molecule has 22 heavy (non-hydrogen) atoms. The lowest BCUT2D eigenvalue weighted by atomic mass is 9.80. The number of nitrogens with one attached hydrogen (secondary N) is 1. The third-order valence-corrected chi connectivity index (χ3v) is 4.21. The molecule has 5 heteroatoms. The molecule has 1 aliphatic carbocycles. The van der Waals surface area contributed by atoms with Gasteiger partial charge in [0.2, 0.25) is 5.95 Å². The van der Waals surface area contributed by atoms with Gasteiger partial charge in [0, 0.05) is 30.5 Å². The van der Waals surface area contributed by atoms with Crippen molar-refractivity contribution >= 4 is 17.5 Å². The van der Waals surface area contributed by atoms with E-state index >= 15 is 0 Å². The lowest BCUT2D eigenvalue weighted by Crippen LogP contribution is -2.39. The van der Waals surface area contributed by atoms with Crippen LogP contribution in [0.15, 0.2) is 36.4 Å². The molecule has 5 nitrogen and oxygen atoms in total. The number of benzene rings is 1. The SMILES string of the molecule is Cc1cc(NC2CC(CN)C2)nc(N(C)c2ccccc2)n1. The van der Waals surface area contributed by atoms with Gasteiger partial charge in [-0.2, -0.15) is 4.98 Å². The minimum Gasteiger partial charge on any atom is -0.367 e. The molecule has 1 aromatic heterocycles. The van der Waals surface area contributed by atoms with Crippen LogP contribution in [0.5, 0.6) is 0 Å². The molecule has 0 bridgehead atoms. The Hall–Kier alpha value is -2.14. The predicted octanol–water partition coefficient (Wildman–Crippen LogP) is 2.70. The van der Waals surface area contributed by atoms with Crippen LogP contribution in [0.3, 0.4) is 0 Å². The molecule has 0 atom stereocenters. The van der Waals surface area contributed by atoms with Gasteiger partial charge in [0.25, 0.3) is 0 Å². The summed E-state index contributed by atoms with van der Waals surface area (Å²) in [6, 6.07) is 12.6. The van der Waals surface area contributed by atoms with E-state index in [1.807, 2.05) is 43.1 Å². The highest BCUT2D eigenvalue weighted by Crippen LogP contribution is 2.29. The molecule has 2 aromatic rings. The normalized spacial score (nSPS) is 20.3. The minimum absolute atomic E-state index is 0.484. The molecule has 0 aliphatic heterocycles. The summed E-state index contributed by atoms with van der Waals surface area (Å²) in [7, 11) is 1.99. The van der Waals surface area contributed by atoms with Crippen LogP contribution in [0.25, 0.3) is 0 Å². The van der Waals surface area contributed by atoms with Crippen molar-refractivity contribution in [1.29, 1.82) is 0 Å². The van der Waals surface area contributed by atoms with E-state index in [1.165, 1.54) is 0 Å². The highest BCUT2D eigenvalue weighted by molar-refractivity contribution is 5.57. The summed E-state index contributed by atoms with van der Waals surface area (Å²) in [5.74, 6) is 2.26. The van der Waals surface area contributed by atoms with Gasteiger partial charge in [0.15, 0.2) is 0 Å². The summed E-state index contributed by atoms with van der Waals surface area (Å²) < 4.78 is 0. The third kappa shape index (κ3) is 3.20. The summed E-state index contributed by atoms with van der Waals surface area (Å²) in [5, 5.41) is 3.50. The van der Waals surface area contributed by atoms with Crippen LogP contribution in [0.1, 0.15) is 18.5 Å². The van der Waals surface area contributed by atoms with Crippen LogP contribution < -0.4 is 16.0 Å². The predicted molar refractivity (Wildman–Crippen MR) is 90.5 cm³/mol. The average Bonchev–Trinajstić information content (AvgIpc) is 2.50. The second-order valence-corrected chi connectivity index (χ2v) is 6.00. The van der Waals surface area contributed by atoms with Crippen molar-refractivity contribution < 1.29 is 0 Å². The molecule has 0 radical (unpaired) electrons. The Morgan fingerprint density at radius 1 is 1.23 bits per heavy atom. The first-order valence-corrected chi connectivity index (χ1v) is 7.77. The molecule has 116 valence electrons. The van der Waals surface area contributed by atoms with Crippen molar-refractivity contribution in [1.82, 2.24) is 9.97 Å². The Kier molecular flexibility index (Phi) is 4.24. The van der Waals surface area contributed by atoms with Crippen molar-refractivity contribution in [2.24, 2.45) is 11.7 Å². The zero-order valence-electron chi connectivity index (χ0n) is 13.2. The van der Waals surface area contributed by atoms with E-state index in [4.69, 9.17) is 5.73 Å². The molecule has 3 rings (SSSR count). The molecular formula is C17H23N5. The molecule has 1 fully saturated rings. The van der Waals surface area contributed by atoms with Crippen molar-refractivity contribution in [3.05, 3.63) is 42.1 Å². The number of hydrogen-bond acceptors (Lipinski definition) is 5. The molecule has 0 spiro atoms. The maximum absolute atomic E-state index is 5.68. The molecule has 1 saturated carbocycles. The van der Waals surface area contributed by atoms with E-state index in [0.717, 1.165) is 36.6 Å². The van der Waals surface area contributed by atoms with Gasteiger partial charge in [-0.1, -0.05) is 18.2 Å². The van der Waals surface area contributed by atoms with Crippen molar-refractivity contribution in [2.45, 2.75) is 25.8 Å². The zero-order valence-corrected chi connectivity index (χ0v) is 13.2. The third-order valence-electron chi connectivity index (χ3n) is 4.21. The van der Waals surface area contributed by atoms with Crippen LogP contribution in [0, 0.1) is 12.8 Å². The maximum atomic E-state index is 5.68. The van der Waals surface area contributed by atoms with Gasteiger partial charge in [-0.15, -0.1) is 0 Å². The van der Waals surface area contributed by atoms with Crippen LogP contribution in [-0.4, -0.2) is 29.6 Å². The quantitative estimate of drug-likeness (QED) is 0.888. The lowest BCUT2D eigenvalue weighted by molar-refractivity contribution is 0.291. The molecular weight excluding hydrogens is 274 g/mol. The molecule has 3 N–H and O–H groups in total. The number of para-hydroxylation sites is 1. The topological polar surface area (TPSA) is 67.1 Å². The maximum Gasteiger partial charge on any atom is 0.231 e. The van der Waals surface area contributed by atoms with E-state index in [-0.39, 0.29) is 0 Å². The van der Waals surface area contributed by atoms with Gasteiger partial charge in [-0.3, -0.25) is 0 Å². The van der Waals surface area contributed by atoms with Gasteiger partial charge in [-0.25, -0.2) is 4.98 Å². The number of rotatable bonds is 5. The number of anilines is 3. The van der Waals surface area contributed by atoms with E-state index in [1.54, 1.807) is 0 Å². The Morgan fingerprint density at radius 2 is 1.95 bits per heavy atom. The first-order valence-electron chi connectivity index (χ1n) is 7.77. The van der Waals surface area contributed by atoms with Crippen LogP contribution in [-0.2, 0) is 0 Å². The fourth-order valence-corrected chi connectivity index (χ4v) is 2.80. The monoisotopic (exact) mass is 297 g/mol. The van der Waals surface area contributed by atoms with Gasteiger partial charge in [0.1, 0.15) is 5.82 Å². The van der Waals surface area contributed by atoms with Crippen molar-refractivity contribution in [3.63, 3.8) is 0 Å². The first-order chi connectivity index (χ1) is 10.7. The summed E-state index contributed by atoms with van der Waals surface area (Å²) in [5.41, 5.74) is 7.72. The van der Waals surface area contributed by atoms with Gasteiger partial charge in [0.05, 0.1) is 0 Å². The first kappa shape index (κ1) is 14.8. The highest BCUT2D eigenvalue weighted by Gasteiger charge is 2.28. The standard InChI is InChI=1S/C17H23N5/c1-12-8-16(20-14-9-13(10-14)11-18)21-17(19-12)22(2)15-6-4-3-5-7-15/h3-8,13-14H,9-11,18H2,1-2H3,(H,19,20,21). The van der Waals surface area contributed by atoms with E-state index in [0.29, 0.717) is 17.9 Å². The van der Waals surface area contributed by atoms with E-state index in [9.17, 15) is 0 Å². The van der Waals surface area contributed by atoms with Crippen molar-refractivity contribution in [3.8, 4) is 0 Å². The Balaban J connectivity index is 1.75. The molecule has 1 aromatic carbocycles. The Bertz CT molecular complexity index is 622. The second kappa shape index (κ2) is 6.32. The van der Waals surface area contributed by atoms with Crippen LogP contribution in [0.4, 0.5) is 17.5 Å². The molecule has 0 unspecified atom stereocenters. The molecule has 1 aliphatic rings.